The highest BCUT2D eigenvalue weighted by atomic mass is 35.5. The number of hydrogen-bond acceptors (Lipinski definition) is 6. The number of likely N-dealkylation sites (tertiary alicyclic amines) is 1. The Balaban J connectivity index is 0.00000523. The molecular weight excluding hydrogens is 700 g/mol. The summed E-state index contributed by atoms with van der Waals surface area (Å²) in [6.07, 6.45) is 7.50. The van der Waals surface area contributed by atoms with Crippen molar-refractivity contribution in [2.24, 2.45) is 0 Å². The second-order valence-electron chi connectivity index (χ2n) is 12.7. The van der Waals surface area contributed by atoms with Gasteiger partial charge in [0.25, 0.3) is 0 Å². The van der Waals surface area contributed by atoms with E-state index in [9.17, 15) is 9.18 Å². The molecular formula is C42H42Cl2FN3O4. The number of piperidine rings is 1. The summed E-state index contributed by atoms with van der Waals surface area (Å²) in [5.74, 6) is 1.92. The van der Waals surface area contributed by atoms with Crippen molar-refractivity contribution in [2.45, 2.75) is 45.8 Å². The van der Waals surface area contributed by atoms with Crippen molar-refractivity contribution in [3.63, 3.8) is 0 Å². The van der Waals surface area contributed by atoms with E-state index in [2.05, 4.69) is 53.6 Å². The summed E-state index contributed by atoms with van der Waals surface area (Å²) in [5, 5.41) is 4.04. The molecule has 6 rings (SSSR count). The standard InChI is InChI=1S/C42H41ClFN3O4.ClH/c1-29-3-5-32(6-4-29)28-50-38-16-17-40(45-27-38)51-42-30(2)25-33(26-39(42)43)9-18-41(48)47-22-19-36(20-23-47)46-35-12-7-31(8-13-35)21-24-49-37-14-10-34(44)11-15-37;/h3-18,25-27,36,46H,19-24,28H2,1-2H3;1H/b18-9+;. The highest BCUT2D eigenvalue weighted by molar-refractivity contribution is 6.32. The van der Waals surface area contributed by atoms with Gasteiger partial charge in [0.15, 0.2) is 5.75 Å². The summed E-state index contributed by atoms with van der Waals surface area (Å²) in [4.78, 5) is 19.3. The van der Waals surface area contributed by atoms with E-state index in [0.717, 1.165) is 47.2 Å². The summed E-state index contributed by atoms with van der Waals surface area (Å²) >= 11 is 6.62. The number of anilines is 1. The maximum Gasteiger partial charge on any atom is 0.246 e. The van der Waals surface area contributed by atoms with Crippen molar-refractivity contribution in [2.75, 3.05) is 25.0 Å². The lowest BCUT2D eigenvalue weighted by molar-refractivity contribution is -0.126. The first kappa shape index (κ1) is 38.2. The number of halogens is 3. The van der Waals surface area contributed by atoms with Crippen LogP contribution in [0.4, 0.5) is 10.1 Å². The van der Waals surface area contributed by atoms with Gasteiger partial charge in [-0.15, -0.1) is 12.4 Å². The minimum Gasteiger partial charge on any atom is -0.493 e. The number of nitrogens with one attached hydrogen (secondary N) is 1. The molecule has 1 saturated heterocycles. The quantitative estimate of drug-likeness (QED) is 0.121. The fourth-order valence-corrected chi connectivity index (χ4v) is 6.10. The largest absolute Gasteiger partial charge is 0.493 e. The van der Waals surface area contributed by atoms with Gasteiger partial charge in [0.05, 0.1) is 17.8 Å². The number of amides is 1. The van der Waals surface area contributed by atoms with Crippen LogP contribution in [0.25, 0.3) is 6.08 Å². The maximum absolute atomic E-state index is 13.1. The Morgan fingerprint density at radius 2 is 1.60 bits per heavy atom. The average molecular weight is 743 g/mol. The SMILES string of the molecule is Cc1ccc(COc2ccc(Oc3c(C)cc(/C=C/C(=O)N4CCC(Nc5ccc(CCOc6ccc(F)cc6)cc5)CC4)cc3Cl)nc2)cc1.Cl. The van der Waals surface area contributed by atoms with Crippen molar-refractivity contribution in [3.8, 4) is 23.1 Å². The van der Waals surface area contributed by atoms with Crippen LogP contribution in [-0.4, -0.2) is 41.5 Å². The molecule has 0 saturated carbocycles. The van der Waals surface area contributed by atoms with Gasteiger partial charge in [-0.05, 0) is 110 Å². The predicted octanol–water partition coefficient (Wildman–Crippen LogP) is 10.0. The molecule has 1 amide bonds. The summed E-state index contributed by atoms with van der Waals surface area (Å²) < 4.78 is 30.6. The summed E-state index contributed by atoms with van der Waals surface area (Å²) in [7, 11) is 0. The van der Waals surface area contributed by atoms with Crippen LogP contribution in [0.5, 0.6) is 23.1 Å². The third kappa shape index (κ3) is 11.0. The molecule has 4 aromatic carbocycles. The van der Waals surface area contributed by atoms with E-state index in [4.69, 9.17) is 25.8 Å². The molecule has 7 nitrogen and oxygen atoms in total. The molecule has 1 N–H and O–H groups in total. The number of pyridine rings is 1. The smallest absolute Gasteiger partial charge is 0.246 e. The first-order valence-electron chi connectivity index (χ1n) is 17.1. The van der Waals surface area contributed by atoms with E-state index in [1.165, 1.54) is 17.7 Å². The van der Waals surface area contributed by atoms with Crippen LogP contribution in [0.3, 0.4) is 0 Å². The van der Waals surface area contributed by atoms with Crippen molar-refractivity contribution in [3.05, 3.63) is 148 Å². The Kier molecular flexibility index (Phi) is 13.5. The van der Waals surface area contributed by atoms with Crippen LogP contribution < -0.4 is 19.5 Å². The van der Waals surface area contributed by atoms with E-state index in [-0.39, 0.29) is 30.2 Å². The van der Waals surface area contributed by atoms with Gasteiger partial charge in [0.1, 0.15) is 23.9 Å². The Morgan fingerprint density at radius 1 is 0.904 bits per heavy atom. The lowest BCUT2D eigenvalue weighted by Crippen LogP contribution is -2.41. The molecule has 1 aromatic heterocycles. The normalized spacial score (nSPS) is 13.0. The third-order valence-corrected chi connectivity index (χ3v) is 9.00. The van der Waals surface area contributed by atoms with Gasteiger partial charge in [-0.3, -0.25) is 4.79 Å². The Labute approximate surface area is 315 Å². The molecule has 0 atom stereocenters. The van der Waals surface area contributed by atoms with Gasteiger partial charge < -0.3 is 24.4 Å². The molecule has 2 heterocycles. The van der Waals surface area contributed by atoms with Crippen molar-refractivity contribution >= 4 is 41.7 Å². The molecule has 0 radical (unpaired) electrons. The predicted molar refractivity (Wildman–Crippen MR) is 208 cm³/mol. The minimum atomic E-state index is -0.275. The molecule has 52 heavy (non-hydrogen) atoms. The van der Waals surface area contributed by atoms with Crippen LogP contribution in [0.1, 0.15) is 40.7 Å². The zero-order valence-electron chi connectivity index (χ0n) is 29.2. The molecule has 270 valence electrons. The maximum atomic E-state index is 13.1. The minimum absolute atomic E-state index is 0. The zero-order chi connectivity index (χ0) is 35.6. The molecule has 5 aromatic rings. The van der Waals surface area contributed by atoms with Crippen LogP contribution in [0, 0.1) is 19.7 Å². The Morgan fingerprint density at radius 3 is 2.27 bits per heavy atom. The summed E-state index contributed by atoms with van der Waals surface area (Å²) in [5.41, 5.74) is 6.15. The fourth-order valence-electron chi connectivity index (χ4n) is 5.79. The molecule has 0 bridgehead atoms. The molecule has 1 aliphatic heterocycles. The molecule has 0 spiro atoms. The molecule has 1 fully saturated rings. The van der Waals surface area contributed by atoms with Gasteiger partial charge in [-0.2, -0.15) is 0 Å². The van der Waals surface area contributed by atoms with E-state index in [0.29, 0.717) is 54.5 Å². The highest BCUT2D eigenvalue weighted by Crippen LogP contribution is 2.34. The van der Waals surface area contributed by atoms with Gasteiger partial charge in [0, 0.05) is 43.4 Å². The van der Waals surface area contributed by atoms with Gasteiger partial charge in [0.2, 0.25) is 11.8 Å². The number of nitrogens with zero attached hydrogens (tertiary/aromatic N) is 2. The van der Waals surface area contributed by atoms with E-state index in [1.807, 2.05) is 36.1 Å². The van der Waals surface area contributed by atoms with Crippen LogP contribution in [0.15, 0.2) is 109 Å². The van der Waals surface area contributed by atoms with Crippen LogP contribution in [0.2, 0.25) is 5.02 Å². The number of aromatic nitrogens is 1. The van der Waals surface area contributed by atoms with Crippen LogP contribution >= 0.6 is 24.0 Å². The Hall–Kier alpha value is -5.05. The number of aryl methyl sites for hydroxylation is 2. The monoisotopic (exact) mass is 741 g/mol. The lowest BCUT2D eigenvalue weighted by atomic mass is 10.0. The Bertz CT molecular complexity index is 1910. The van der Waals surface area contributed by atoms with Gasteiger partial charge in [-0.1, -0.05) is 53.6 Å². The number of rotatable bonds is 13. The van der Waals surface area contributed by atoms with Gasteiger partial charge >= 0.3 is 0 Å². The number of ether oxygens (including phenoxy) is 3. The topological polar surface area (TPSA) is 72.9 Å². The van der Waals surface area contributed by atoms with Crippen LogP contribution in [-0.2, 0) is 17.8 Å². The number of carbonyl (C=O) groups excluding carboxylic acids is 1. The second-order valence-corrected chi connectivity index (χ2v) is 13.1. The van der Waals surface area contributed by atoms with E-state index in [1.54, 1.807) is 42.6 Å². The van der Waals surface area contributed by atoms with E-state index >= 15 is 0 Å². The van der Waals surface area contributed by atoms with Crippen molar-refractivity contribution < 1.29 is 23.4 Å². The second kappa shape index (κ2) is 18.4. The summed E-state index contributed by atoms with van der Waals surface area (Å²) in [6.45, 7) is 6.29. The third-order valence-electron chi connectivity index (χ3n) is 8.72. The number of benzene rings is 4. The zero-order valence-corrected chi connectivity index (χ0v) is 30.8. The van der Waals surface area contributed by atoms with Gasteiger partial charge in [-0.25, -0.2) is 9.37 Å². The lowest BCUT2D eigenvalue weighted by Gasteiger charge is -2.32. The molecule has 10 heteroatoms. The number of carbonyl (C=O) groups is 1. The average Bonchev–Trinajstić information content (AvgIpc) is 3.14. The molecule has 0 aliphatic carbocycles. The number of hydrogen-bond donors (Lipinski definition) is 1. The molecule has 1 aliphatic rings. The fraction of sp³-hybridized carbons (Fsp3) is 0.238. The highest BCUT2D eigenvalue weighted by Gasteiger charge is 2.21. The first-order chi connectivity index (χ1) is 24.8. The van der Waals surface area contributed by atoms with Crippen molar-refractivity contribution in [1.82, 2.24) is 9.88 Å². The summed E-state index contributed by atoms with van der Waals surface area (Å²) in [6, 6.07) is 30.2. The van der Waals surface area contributed by atoms with E-state index < -0.39 is 0 Å². The first-order valence-corrected chi connectivity index (χ1v) is 17.5. The molecule has 0 unspecified atom stereocenters. The van der Waals surface area contributed by atoms with Crippen molar-refractivity contribution in [1.29, 1.82) is 0 Å².